The zero-order valence-electron chi connectivity index (χ0n) is 15.1. The first-order valence-corrected chi connectivity index (χ1v) is 8.72. The van der Waals surface area contributed by atoms with Crippen LogP contribution in [-0.2, 0) is 13.0 Å². The number of aromatic nitrogens is 1. The third kappa shape index (κ3) is 5.73. The second-order valence-corrected chi connectivity index (χ2v) is 7.04. The normalized spacial score (nSPS) is 11.1. The van der Waals surface area contributed by atoms with Crippen molar-refractivity contribution in [3.63, 3.8) is 0 Å². The SMILES string of the molecule is CN=C(NCCc1sc(C)nc1C)N(C)Cc1ccccc1C.I. The van der Waals surface area contributed by atoms with Gasteiger partial charge in [-0.1, -0.05) is 24.3 Å². The third-order valence-electron chi connectivity index (χ3n) is 3.88. The molecule has 0 atom stereocenters. The van der Waals surface area contributed by atoms with E-state index in [9.17, 15) is 0 Å². The number of guanidine groups is 1. The van der Waals surface area contributed by atoms with Gasteiger partial charge in [-0.05, 0) is 31.9 Å². The average Bonchev–Trinajstić information content (AvgIpc) is 2.84. The molecular formula is C18H27IN4S. The molecule has 6 heteroatoms. The highest BCUT2D eigenvalue weighted by atomic mass is 127. The predicted molar refractivity (Wildman–Crippen MR) is 115 cm³/mol. The van der Waals surface area contributed by atoms with Gasteiger partial charge in [0.15, 0.2) is 5.96 Å². The minimum atomic E-state index is 0. The largest absolute Gasteiger partial charge is 0.356 e. The van der Waals surface area contributed by atoms with Crippen LogP contribution < -0.4 is 5.32 Å². The van der Waals surface area contributed by atoms with Gasteiger partial charge in [0, 0.05) is 38.5 Å². The Hall–Kier alpha value is -1.15. The molecule has 1 aromatic carbocycles. The number of halogens is 1. The van der Waals surface area contributed by atoms with Crippen LogP contribution in [0.1, 0.15) is 26.7 Å². The zero-order valence-corrected chi connectivity index (χ0v) is 18.2. The predicted octanol–water partition coefficient (Wildman–Crippen LogP) is 3.94. The molecule has 0 aliphatic rings. The summed E-state index contributed by atoms with van der Waals surface area (Å²) in [6, 6.07) is 8.48. The minimum absolute atomic E-state index is 0. The van der Waals surface area contributed by atoms with Crippen LogP contribution in [0.15, 0.2) is 29.3 Å². The Morgan fingerprint density at radius 2 is 1.96 bits per heavy atom. The molecule has 1 heterocycles. The molecule has 132 valence electrons. The van der Waals surface area contributed by atoms with E-state index in [4.69, 9.17) is 0 Å². The summed E-state index contributed by atoms with van der Waals surface area (Å²) in [5.41, 5.74) is 3.79. The summed E-state index contributed by atoms with van der Waals surface area (Å²) < 4.78 is 0. The fourth-order valence-corrected chi connectivity index (χ4v) is 3.53. The molecule has 0 radical (unpaired) electrons. The van der Waals surface area contributed by atoms with Crippen molar-refractivity contribution >= 4 is 41.3 Å². The van der Waals surface area contributed by atoms with Crippen LogP contribution in [0.4, 0.5) is 0 Å². The highest BCUT2D eigenvalue weighted by Gasteiger charge is 2.09. The molecule has 1 aromatic heterocycles. The Morgan fingerprint density at radius 3 is 2.54 bits per heavy atom. The summed E-state index contributed by atoms with van der Waals surface area (Å²) >= 11 is 1.78. The van der Waals surface area contributed by atoms with Gasteiger partial charge >= 0.3 is 0 Å². The Labute approximate surface area is 166 Å². The molecule has 2 rings (SSSR count). The molecule has 0 bridgehead atoms. The molecule has 4 nitrogen and oxygen atoms in total. The molecule has 24 heavy (non-hydrogen) atoms. The maximum Gasteiger partial charge on any atom is 0.193 e. The molecule has 0 aliphatic heterocycles. The lowest BCUT2D eigenvalue weighted by Gasteiger charge is -2.23. The number of aliphatic imine (C=N–C) groups is 1. The van der Waals surface area contributed by atoms with Gasteiger partial charge in [-0.15, -0.1) is 35.3 Å². The number of thiazole rings is 1. The van der Waals surface area contributed by atoms with E-state index in [-0.39, 0.29) is 24.0 Å². The van der Waals surface area contributed by atoms with Gasteiger partial charge in [-0.2, -0.15) is 0 Å². The van der Waals surface area contributed by atoms with E-state index < -0.39 is 0 Å². The summed E-state index contributed by atoms with van der Waals surface area (Å²) in [6.07, 6.45) is 0.981. The third-order valence-corrected chi connectivity index (χ3v) is 5.01. The first-order valence-electron chi connectivity index (χ1n) is 7.90. The summed E-state index contributed by atoms with van der Waals surface area (Å²) in [5.74, 6) is 0.923. The standard InChI is InChI=1S/C18H26N4S.HI/c1-13-8-6-7-9-16(13)12-22(5)18(19-4)20-11-10-17-14(2)21-15(3)23-17;/h6-9H,10-12H2,1-5H3,(H,19,20);1H. The van der Waals surface area contributed by atoms with Crippen molar-refractivity contribution in [1.82, 2.24) is 15.2 Å². The van der Waals surface area contributed by atoms with E-state index in [1.165, 1.54) is 16.0 Å². The molecule has 0 aliphatic carbocycles. The van der Waals surface area contributed by atoms with Crippen molar-refractivity contribution < 1.29 is 0 Å². The quantitative estimate of drug-likeness (QED) is 0.419. The highest BCUT2D eigenvalue weighted by molar-refractivity contribution is 14.0. The molecule has 1 N–H and O–H groups in total. The smallest absolute Gasteiger partial charge is 0.193 e. The number of hydrogen-bond donors (Lipinski definition) is 1. The molecule has 0 amide bonds. The number of nitrogens with one attached hydrogen (secondary N) is 1. The maximum atomic E-state index is 4.48. The van der Waals surface area contributed by atoms with Crippen LogP contribution >= 0.6 is 35.3 Å². The monoisotopic (exact) mass is 458 g/mol. The average molecular weight is 458 g/mol. The molecule has 2 aromatic rings. The molecule has 0 saturated carbocycles. The number of nitrogens with zero attached hydrogens (tertiary/aromatic N) is 3. The van der Waals surface area contributed by atoms with E-state index in [2.05, 4.69) is 72.3 Å². The van der Waals surface area contributed by atoms with E-state index in [0.29, 0.717) is 0 Å². The van der Waals surface area contributed by atoms with Crippen molar-refractivity contribution in [3.05, 3.63) is 51.0 Å². The first-order chi connectivity index (χ1) is 11.0. The van der Waals surface area contributed by atoms with Crippen LogP contribution in [0, 0.1) is 20.8 Å². The summed E-state index contributed by atoms with van der Waals surface area (Å²) in [4.78, 5) is 12.4. The van der Waals surface area contributed by atoms with Gasteiger partial charge in [0.25, 0.3) is 0 Å². The highest BCUT2D eigenvalue weighted by Crippen LogP contribution is 2.17. The number of benzene rings is 1. The van der Waals surface area contributed by atoms with Crippen molar-refractivity contribution in [2.24, 2.45) is 4.99 Å². The Kier molecular flexibility index (Phi) is 8.69. The van der Waals surface area contributed by atoms with Crippen molar-refractivity contribution in [1.29, 1.82) is 0 Å². The van der Waals surface area contributed by atoms with Gasteiger partial charge in [-0.25, -0.2) is 4.98 Å². The fraction of sp³-hybridized carbons (Fsp3) is 0.444. The maximum absolute atomic E-state index is 4.48. The summed E-state index contributed by atoms with van der Waals surface area (Å²) in [7, 11) is 3.91. The second kappa shape index (κ2) is 9.98. The summed E-state index contributed by atoms with van der Waals surface area (Å²) in [6.45, 7) is 8.01. The Bertz CT molecular complexity index is 681. The number of rotatable bonds is 5. The van der Waals surface area contributed by atoms with Gasteiger partial charge in [-0.3, -0.25) is 4.99 Å². The second-order valence-electron chi connectivity index (χ2n) is 5.75. The van der Waals surface area contributed by atoms with Crippen molar-refractivity contribution in [3.8, 4) is 0 Å². The van der Waals surface area contributed by atoms with Gasteiger partial charge in [0.2, 0.25) is 0 Å². The fourth-order valence-electron chi connectivity index (χ4n) is 2.60. The zero-order chi connectivity index (χ0) is 16.8. The molecule has 0 unspecified atom stereocenters. The van der Waals surface area contributed by atoms with E-state index in [1.54, 1.807) is 11.3 Å². The summed E-state index contributed by atoms with van der Waals surface area (Å²) in [5, 5.41) is 4.59. The van der Waals surface area contributed by atoms with Crippen LogP contribution in [0.2, 0.25) is 0 Å². The van der Waals surface area contributed by atoms with E-state index >= 15 is 0 Å². The first kappa shape index (κ1) is 20.9. The van der Waals surface area contributed by atoms with Crippen molar-refractivity contribution in [2.45, 2.75) is 33.7 Å². The van der Waals surface area contributed by atoms with Crippen LogP contribution in [0.25, 0.3) is 0 Å². The molecule has 0 spiro atoms. The lowest BCUT2D eigenvalue weighted by Crippen LogP contribution is -2.39. The van der Waals surface area contributed by atoms with Crippen LogP contribution in [0.3, 0.4) is 0 Å². The Morgan fingerprint density at radius 1 is 1.25 bits per heavy atom. The lowest BCUT2D eigenvalue weighted by molar-refractivity contribution is 0.476. The van der Waals surface area contributed by atoms with E-state index in [1.807, 2.05) is 7.05 Å². The van der Waals surface area contributed by atoms with Crippen molar-refractivity contribution in [2.75, 3.05) is 20.6 Å². The van der Waals surface area contributed by atoms with Gasteiger partial charge in [0.05, 0.1) is 10.7 Å². The Balaban J connectivity index is 0.00000288. The van der Waals surface area contributed by atoms with Gasteiger partial charge < -0.3 is 10.2 Å². The lowest BCUT2D eigenvalue weighted by atomic mass is 10.1. The molecule has 0 fully saturated rings. The van der Waals surface area contributed by atoms with Crippen LogP contribution in [0.5, 0.6) is 0 Å². The minimum Gasteiger partial charge on any atom is -0.356 e. The van der Waals surface area contributed by atoms with E-state index in [0.717, 1.165) is 36.2 Å². The number of aryl methyl sites for hydroxylation is 3. The van der Waals surface area contributed by atoms with Crippen LogP contribution in [-0.4, -0.2) is 36.5 Å². The molecule has 0 saturated heterocycles. The topological polar surface area (TPSA) is 40.5 Å². The number of hydrogen-bond acceptors (Lipinski definition) is 3. The molecular weight excluding hydrogens is 431 g/mol. The van der Waals surface area contributed by atoms with Gasteiger partial charge in [0.1, 0.15) is 0 Å².